The number of rotatable bonds is 4. The molecular formula is C34H31FGeIrN2O-2. The number of hydrogen-bond acceptors (Lipinski definition) is 3. The predicted octanol–water partition coefficient (Wildman–Crippen LogP) is 8.80. The molecule has 0 unspecified atom stereocenters. The fraction of sp³-hybridized carbons (Fsp3) is 0.176. The summed E-state index contributed by atoms with van der Waals surface area (Å²) < 4.78 is 29.0. The molecule has 0 bridgehead atoms. The molecular weight excluding hydrogens is 736 g/mol. The molecule has 0 saturated heterocycles. The van der Waals surface area contributed by atoms with Gasteiger partial charge in [-0.2, -0.15) is 0 Å². The maximum absolute atomic E-state index is 13.5. The van der Waals surface area contributed by atoms with Crippen molar-refractivity contribution < 1.29 is 30.3 Å². The number of benzene rings is 3. The molecule has 1 radical (unpaired) electrons. The van der Waals surface area contributed by atoms with Crippen LogP contribution in [0, 0.1) is 17.9 Å². The van der Waals surface area contributed by atoms with Crippen molar-refractivity contribution in [2.45, 2.75) is 37.0 Å². The largest absolute Gasteiger partial charge is 0 e. The van der Waals surface area contributed by atoms with Gasteiger partial charge in [-0.3, -0.25) is 0 Å². The van der Waals surface area contributed by atoms with E-state index in [2.05, 4.69) is 51.5 Å². The van der Waals surface area contributed by atoms with Crippen molar-refractivity contribution in [3.63, 3.8) is 0 Å². The number of hydrogen-bond donors (Lipinski definition) is 0. The first-order chi connectivity index (χ1) is 19.0. The minimum Gasteiger partial charge on any atom is 0 e. The van der Waals surface area contributed by atoms with Gasteiger partial charge >= 0.3 is 99.8 Å². The molecule has 0 spiro atoms. The molecule has 3 heterocycles. The van der Waals surface area contributed by atoms with E-state index in [0.29, 0.717) is 16.9 Å². The average Bonchev–Trinajstić information content (AvgIpc) is 3.31. The van der Waals surface area contributed by atoms with Gasteiger partial charge in [-0.05, 0) is 29.8 Å². The van der Waals surface area contributed by atoms with Gasteiger partial charge in [-0.25, -0.2) is 4.39 Å². The molecule has 0 aliphatic rings. The molecule has 3 aromatic heterocycles. The monoisotopic (exact) mass is 770 g/mol. The minimum atomic E-state index is -1.72. The second kappa shape index (κ2) is 12.6. The number of halogens is 1. The first kappa shape index (κ1) is 28.4. The summed E-state index contributed by atoms with van der Waals surface area (Å²) in [5.41, 5.74) is 5.48. The van der Waals surface area contributed by atoms with Gasteiger partial charge < -0.3 is 9.40 Å². The van der Waals surface area contributed by atoms with Gasteiger partial charge in [0.05, 0.1) is 5.58 Å². The van der Waals surface area contributed by atoms with Gasteiger partial charge in [0.15, 0.2) is 0 Å². The summed E-state index contributed by atoms with van der Waals surface area (Å²) in [6, 6.07) is 30.6. The molecule has 40 heavy (non-hydrogen) atoms. The van der Waals surface area contributed by atoms with Gasteiger partial charge in [0.25, 0.3) is 0 Å². The number of fused-ring (bicyclic) bond motifs is 3. The number of nitrogens with zero attached hydrogens (tertiary/aromatic N) is 2. The normalized spacial score (nSPS) is 11.9. The molecule has 0 fully saturated rings. The summed E-state index contributed by atoms with van der Waals surface area (Å²) in [5, 5.41) is 1.76. The van der Waals surface area contributed by atoms with Gasteiger partial charge in [-0.1, -0.05) is 36.4 Å². The third-order valence-electron chi connectivity index (χ3n) is 6.60. The predicted molar refractivity (Wildman–Crippen MR) is 161 cm³/mol. The smallest absolute Gasteiger partial charge is 0 e. The quantitative estimate of drug-likeness (QED) is 0.133. The van der Waals surface area contributed by atoms with Gasteiger partial charge in [0, 0.05) is 39.1 Å². The van der Waals surface area contributed by atoms with E-state index in [1.807, 2.05) is 68.6 Å². The van der Waals surface area contributed by atoms with Crippen LogP contribution < -0.4 is 4.40 Å². The molecule has 6 rings (SSSR count). The Labute approximate surface area is 253 Å². The van der Waals surface area contributed by atoms with Crippen LogP contribution in [0.5, 0.6) is 0 Å². The summed E-state index contributed by atoms with van der Waals surface area (Å²) in [6.07, 6.45) is 3.73. The number of furan rings is 1. The molecule has 0 aliphatic carbocycles. The summed E-state index contributed by atoms with van der Waals surface area (Å²) in [4.78, 5) is 8.94. The summed E-state index contributed by atoms with van der Waals surface area (Å²) in [6.45, 7) is 3.67. The fourth-order valence-electron chi connectivity index (χ4n) is 4.33. The first-order valence-corrected chi connectivity index (χ1v) is 20.3. The Morgan fingerprint density at radius 1 is 0.875 bits per heavy atom. The van der Waals surface area contributed by atoms with E-state index < -0.39 is 19.2 Å². The van der Waals surface area contributed by atoms with E-state index in [-0.39, 0.29) is 25.9 Å². The van der Waals surface area contributed by atoms with Crippen molar-refractivity contribution in [3.05, 3.63) is 115 Å². The van der Waals surface area contributed by atoms with Crippen LogP contribution in [0.3, 0.4) is 0 Å². The standard InChI is InChI=1S/C20H15FNO.C14H16GeN.Ir/c1-12(2)13-8-9-22-18(10-13)17-5-3-4-16-15-7-6-14(21)11-19(15)23-20(16)17;1-15(2,3)13-9-10-14(16-11-13)12-7-5-4-6-8-12;/h3-4,6-12H,1-2H3;4-7,9-11H,1-3H3;/q2*-1;/i12D;;. The third kappa shape index (κ3) is 6.60. The molecule has 205 valence electrons. The zero-order chi connectivity index (χ0) is 28.5. The first-order valence-electron chi connectivity index (χ1n) is 13.4. The molecule has 0 aliphatic heterocycles. The zero-order valence-corrected chi connectivity index (χ0v) is 27.7. The van der Waals surface area contributed by atoms with Crippen LogP contribution in [-0.4, -0.2) is 23.2 Å². The Hall–Kier alpha value is -3.12. The summed E-state index contributed by atoms with van der Waals surface area (Å²) in [5.74, 6) is 6.09. The van der Waals surface area contributed by atoms with Crippen LogP contribution in [0.15, 0.2) is 95.7 Å². The zero-order valence-electron chi connectivity index (χ0n) is 24.2. The Bertz CT molecular complexity index is 1780. The van der Waals surface area contributed by atoms with Crippen LogP contribution in [0.1, 0.15) is 26.7 Å². The molecule has 6 aromatic rings. The van der Waals surface area contributed by atoms with E-state index in [0.717, 1.165) is 33.2 Å². The Kier molecular flexibility index (Phi) is 8.94. The van der Waals surface area contributed by atoms with Gasteiger partial charge in [0.1, 0.15) is 11.4 Å². The van der Waals surface area contributed by atoms with Gasteiger partial charge in [-0.15, -0.1) is 18.2 Å². The average molecular weight is 768 g/mol. The molecule has 3 aromatic carbocycles. The Morgan fingerprint density at radius 3 is 2.38 bits per heavy atom. The summed E-state index contributed by atoms with van der Waals surface area (Å²) >= 11 is -1.72. The van der Waals surface area contributed by atoms with Crippen molar-refractivity contribution >= 4 is 39.6 Å². The van der Waals surface area contributed by atoms with Crippen LogP contribution in [0.25, 0.3) is 44.5 Å². The Balaban J connectivity index is 0.000000200. The Morgan fingerprint density at radius 2 is 1.70 bits per heavy atom. The topological polar surface area (TPSA) is 38.9 Å². The maximum Gasteiger partial charge on any atom is 0 e. The van der Waals surface area contributed by atoms with E-state index in [9.17, 15) is 4.39 Å². The molecule has 3 nitrogen and oxygen atoms in total. The van der Waals surface area contributed by atoms with E-state index >= 15 is 0 Å². The van der Waals surface area contributed by atoms with Crippen molar-refractivity contribution in [2.24, 2.45) is 0 Å². The molecule has 0 saturated carbocycles. The van der Waals surface area contributed by atoms with Gasteiger partial charge in [0.2, 0.25) is 0 Å². The molecule has 0 amide bonds. The van der Waals surface area contributed by atoms with Crippen molar-refractivity contribution in [1.29, 1.82) is 0 Å². The van der Waals surface area contributed by atoms with Crippen LogP contribution in [-0.2, 0) is 20.1 Å². The van der Waals surface area contributed by atoms with Crippen LogP contribution in [0.4, 0.5) is 4.39 Å². The van der Waals surface area contributed by atoms with Crippen LogP contribution >= 0.6 is 0 Å². The second-order valence-electron chi connectivity index (χ2n) is 10.7. The second-order valence-corrected chi connectivity index (χ2v) is 21.4. The van der Waals surface area contributed by atoms with Crippen molar-refractivity contribution in [2.75, 3.05) is 0 Å². The van der Waals surface area contributed by atoms with Crippen LogP contribution in [0.2, 0.25) is 17.3 Å². The molecule has 6 heteroatoms. The number of pyridine rings is 2. The molecule has 0 atom stereocenters. The fourth-order valence-corrected chi connectivity index (χ4v) is 6.51. The number of aromatic nitrogens is 2. The van der Waals surface area contributed by atoms with E-state index in [1.165, 1.54) is 16.5 Å². The third-order valence-corrected chi connectivity index (χ3v) is 10.9. The van der Waals surface area contributed by atoms with Crippen molar-refractivity contribution in [3.8, 4) is 22.5 Å². The van der Waals surface area contributed by atoms with Crippen molar-refractivity contribution in [1.82, 2.24) is 9.97 Å². The maximum atomic E-state index is 13.5. The van der Waals surface area contributed by atoms with E-state index in [1.54, 1.807) is 12.3 Å². The SMILES string of the molecule is [2H]C(C)(C)c1ccnc(-c2[c-]ccc3c2oc2cc(F)ccc23)c1.[CH3][Ge]([CH3])([CH3])[c]1ccc(-c2[c-]cccc2)nc1.[Ir]. The minimum absolute atomic E-state index is 0. The summed E-state index contributed by atoms with van der Waals surface area (Å²) in [7, 11) is 0. The van der Waals surface area contributed by atoms with E-state index in [4.69, 9.17) is 5.79 Å². The molecule has 0 N–H and O–H groups in total.